The molecule has 0 radical (unpaired) electrons. The number of thiol groups is 1. The first-order chi connectivity index (χ1) is 20.8. The number of aryl methyl sites for hydroxylation is 1. The molecule has 1 aliphatic carbocycles. The number of carbonyl (C=O) groups is 2. The molecular formula is C31H44N8O3S. The first kappa shape index (κ1) is 31.1. The van der Waals surface area contributed by atoms with E-state index in [0.717, 1.165) is 83.5 Å². The summed E-state index contributed by atoms with van der Waals surface area (Å²) in [6, 6.07) is 8.62. The molecule has 4 N–H and O–H groups in total. The van der Waals surface area contributed by atoms with Crippen LogP contribution in [0.4, 0.5) is 17.2 Å². The van der Waals surface area contributed by atoms with E-state index in [9.17, 15) is 9.59 Å². The second-order valence-electron chi connectivity index (χ2n) is 11.5. The van der Waals surface area contributed by atoms with E-state index in [2.05, 4.69) is 61.2 Å². The minimum absolute atomic E-state index is 0.0641. The van der Waals surface area contributed by atoms with Crippen LogP contribution < -0.4 is 26.0 Å². The minimum Gasteiger partial charge on any atom is -0.471 e. The van der Waals surface area contributed by atoms with Gasteiger partial charge in [0, 0.05) is 56.7 Å². The Morgan fingerprint density at radius 2 is 1.74 bits per heavy atom. The lowest BCUT2D eigenvalue weighted by Gasteiger charge is -2.42. The lowest BCUT2D eigenvalue weighted by molar-refractivity contribution is -0.118. The van der Waals surface area contributed by atoms with E-state index in [-0.39, 0.29) is 29.6 Å². The Labute approximate surface area is 259 Å². The molecule has 43 heavy (non-hydrogen) atoms. The zero-order chi connectivity index (χ0) is 30.3. The maximum Gasteiger partial charge on any atom is 0.271 e. The quantitative estimate of drug-likeness (QED) is 0.237. The summed E-state index contributed by atoms with van der Waals surface area (Å²) in [4.78, 5) is 38.7. The van der Waals surface area contributed by atoms with E-state index in [1.807, 2.05) is 19.1 Å². The predicted molar refractivity (Wildman–Crippen MR) is 172 cm³/mol. The number of nitrogens with zero attached hydrogens (tertiary/aromatic N) is 5. The van der Waals surface area contributed by atoms with Gasteiger partial charge >= 0.3 is 0 Å². The maximum atomic E-state index is 12.4. The van der Waals surface area contributed by atoms with E-state index >= 15 is 0 Å². The van der Waals surface area contributed by atoms with Gasteiger partial charge in [-0.1, -0.05) is 32.7 Å². The highest BCUT2D eigenvalue weighted by Gasteiger charge is 2.30. The average molecular weight is 609 g/mol. The van der Waals surface area contributed by atoms with Crippen molar-refractivity contribution >= 4 is 41.8 Å². The Kier molecular flexibility index (Phi) is 10.4. The molecule has 2 amide bonds. The summed E-state index contributed by atoms with van der Waals surface area (Å²) in [5.74, 6) is -0.304. The first-order valence-electron chi connectivity index (χ1n) is 15.4. The molecule has 2 aliphatic heterocycles. The highest BCUT2D eigenvalue weighted by atomic mass is 32.1. The van der Waals surface area contributed by atoms with Crippen LogP contribution >= 0.6 is 12.8 Å². The van der Waals surface area contributed by atoms with Gasteiger partial charge in [-0.15, -0.1) is 0 Å². The van der Waals surface area contributed by atoms with Crippen molar-refractivity contribution in [3.05, 3.63) is 48.3 Å². The fourth-order valence-electron chi connectivity index (χ4n) is 6.28. The van der Waals surface area contributed by atoms with Gasteiger partial charge < -0.3 is 26.0 Å². The van der Waals surface area contributed by atoms with Crippen molar-refractivity contribution in [1.29, 1.82) is 0 Å². The number of piperazine rings is 1. The lowest BCUT2D eigenvalue weighted by atomic mass is 9.92. The number of hydrogen-bond acceptors (Lipinski definition) is 10. The third kappa shape index (κ3) is 7.79. The SMILES string of the molecule is C=CC(=O)NC1CCCCC1Oc1nc(Nc2ccc(N3CCC(N4CCN(S)CC4)CC3)cc2)c(C(N)=O)nc1CC. The topological polar surface area (TPSA) is 129 Å². The fourth-order valence-corrected chi connectivity index (χ4v) is 6.46. The molecule has 2 unspecified atom stereocenters. The standard InChI is InChI=1S/C31H44N8O3S/c1-3-24-31(42-26-8-6-5-7-25(26)34-27(40)4-2)36-30(28(35-24)29(32)41)33-21-9-11-22(12-10-21)37-15-13-23(14-16-37)38-17-19-39(43)20-18-38/h4,9-12,23,25-26,43H,2-3,5-8,13-20H2,1H3,(H2,32,41)(H,33,36)(H,34,40). The smallest absolute Gasteiger partial charge is 0.271 e. The average Bonchev–Trinajstić information content (AvgIpc) is 3.03. The largest absolute Gasteiger partial charge is 0.471 e. The zero-order valence-corrected chi connectivity index (χ0v) is 25.9. The number of benzene rings is 1. The van der Waals surface area contributed by atoms with Gasteiger partial charge in [-0.05, 0) is 68.9 Å². The number of rotatable bonds is 10. The number of nitrogens with two attached hydrogens (primary N) is 1. The molecular weight excluding hydrogens is 564 g/mol. The van der Waals surface area contributed by atoms with Crippen molar-refractivity contribution in [1.82, 2.24) is 24.5 Å². The van der Waals surface area contributed by atoms with Crippen LogP contribution in [0.2, 0.25) is 0 Å². The fraction of sp³-hybridized carbons (Fsp3) is 0.548. The summed E-state index contributed by atoms with van der Waals surface area (Å²) < 4.78 is 8.47. The Balaban J connectivity index is 1.27. The van der Waals surface area contributed by atoms with Gasteiger partial charge in [0.05, 0.1) is 6.04 Å². The summed E-state index contributed by atoms with van der Waals surface area (Å²) in [5.41, 5.74) is 8.26. The molecule has 1 saturated carbocycles. The highest BCUT2D eigenvalue weighted by molar-refractivity contribution is 7.77. The lowest BCUT2D eigenvalue weighted by Crippen LogP contribution is -2.51. The van der Waals surface area contributed by atoms with Crippen molar-refractivity contribution in [2.45, 2.75) is 70.1 Å². The second-order valence-corrected chi connectivity index (χ2v) is 12.1. The first-order valence-corrected chi connectivity index (χ1v) is 15.8. The number of nitrogens with one attached hydrogen (secondary N) is 2. The Bertz CT molecular complexity index is 1280. The normalized spacial score (nSPS) is 22.1. The molecule has 1 aromatic heterocycles. The number of primary amides is 1. The van der Waals surface area contributed by atoms with Crippen LogP contribution in [-0.2, 0) is 11.2 Å². The number of amides is 2. The van der Waals surface area contributed by atoms with Crippen molar-refractivity contribution in [2.75, 3.05) is 49.5 Å². The van der Waals surface area contributed by atoms with Crippen molar-refractivity contribution < 1.29 is 14.3 Å². The number of anilines is 3. The van der Waals surface area contributed by atoms with Gasteiger partial charge in [0.25, 0.3) is 5.91 Å². The van der Waals surface area contributed by atoms with Crippen molar-refractivity contribution in [3.8, 4) is 5.88 Å². The Morgan fingerprint density at radius 3 is 2.40 bits per heavy atom. The molecule has 2 atom stereocenters. The minimum atomic E-state index is -0.666. The van der Waals surface area contributed by atoms with Crippen LogP contribution in [0.3, 0.4) is 0 Å². The summed E-state index contributed by atoms with van der Waals surface area (Å²) in [7, 11) is 0. The maximum absolute atomic E-state index is 12.4. The number of piperidine rings is 1. The summed E-state index contributed by atoms with van der Waals surface area (Å²) >= 11 is 4.48. The Morgan fingerprint density at radius 1 is 1.05 bits per heavy atom. The molecule has 3 heterocycles. The van der Waals surface area contributed by atoms with Gasteiger partial charge in [0.1, 0.15) is 11.8 Å². The molecule has 2 saturated heterocycles. The summed E-state index contributed by atoms with van der Waals surface area (Å²) in [5, 5.41) is 6.23. The predicted octanol–water partition coefficient (Wildman–Crippen LogP) is 3.30. The van der Waals surface area contributed by atoms with E-state index in [1.54, 1.807) is 0 Å². The summed E-state index contributed by atoms with van der Waals surface area (Å²) in [6.45, 7) is 11.7. The monoisotopic (exact) mass is 608 g/mol. The molecule has 3 fully saturated rings. The molecule has 11 nitrogen and oxygen atoms in total. The molecule has 5 rings (SSSR count). The van der Waals surface area contributed by atoms with Crippen molar-refractivity contribution in [2.24, 2.45) is 5.73 Å². The van der Waals surface area contributed by atoms with Crippen LogP contribution in [0, 0.1) is 0 Å². The number of carbonyl (C=O) groups excluding carboxylic acids is 2. The van der Waals surface area contributed by atoms with Gasteiger partial charge in [0.2, 0.25) is 11.8 Å². The van der Waals surface area contributed by atoms with E-state index in [0.29, 0.717) is 24.0 Å². The molecule has 0 spiro atoms. The molecule has 3 aliphatic rings. The van der Waals surface area contributed by atoms with Gasteiger partial charge in [-0.3, -0.25) is 18.8 Å². The Hall–Kier alpha value is -3.35. The molecule has 12 heteroatoms. The van der Waals surface area contributed by atoms with Crippen LogP contribution in [0.15, 0.2) is 36.9 Å². The van der Waals surface area contributed by atoms with E-state index < -0.39 is 5.91 Å². The third-order valence-corrected chi connectivity index (χ3v) is 9.14. The van der Waals surface area contributed by atoms with E-state index in [4.69, 9.17) is 15.5 Å². The molecule has 232 valence electrons. The van der Waals surface area contributed by atoms with Crippen LogP contribution in [0.25, 0.3) is 0 Å². The van der Waals surface area contributed by atoms with Gasteiger partial charge in [-0.25, -0.2) is 4.98 Å². The van der Waals surface area contributed by atoms with Crippen molar-refractivity contribution in [3.63, 3.8) is 0 Å². The number of ether oxygens (including phenoxy) is 1. The third-order valence-electron chi connectivity index (χ3n) is 8.74. The molecule has 1 aromatic carbocycles. The van der Waals surface area contributed by atoms with Crippen LogP contribution in [0.1, 0.15) is 61.6 Å². The second kappa shape index (κ2) is 14.4. The molecule has 2 aromatic rings. The van der Waals surface area contributed by atoms with Gasteiger partial charge in [0.15, 0.2) is 11.5 Å². The number of aromatic nitrogens is 2. The van der Waals surface area contributed by atoms with Gasteiger partial charge in [-0.2, -0.15) is 4.98 Å². The zero-order valence-electron chi connectivity index (χ0n) is 25.0. The summed E-state index contributed by atoms with van der Waals surface area (Å²) in [6.07, 6.45) is 7.39. The van der Waals surface area contributed by atoms with Crippen LogP contribution in [0.5, 0.6) is 5.88 Å². The molecule has 0 bridgehead atoms. The highest BCUT2D eigenvalue weighted by Crippen LogP contribution is 2.30. The van der Waals surface area contributed by atoms with E-state index in [1.165, 1.54) is 11.8 Å². The number of hydrogen-bond donors (Lipinski definition) is 4. The van der Waals surface area contributed by atoms with Crippen LogP contribution in [-0.4, -0.2) is 88.4 Å².